The van der Waals surface area contributed by atoms with Crippen LogP contribution in [0.3, 0.4) is 0 Å². The Balaban J connectivity index is 2.87. The van der Waals surface area contributed by atoms with E-state index in [-0.39, 0.29) is 22.4 Å². The molecule has 0 N–H and O–H groups in total. The first-order valence-electron chi connectivity index (χ1n) is 5.27. The van der Waals surface area contributed by atoms with E-state index < -0.39 is 17.2 Å². The van der Waals surface area contributed by atoms with Gasteiger partial charge in [0.25, 0.3) is 5.56 Å². The summed E-state index contributed by atoms with van der Waals surface area (Å²) in [6.07, 6.45) is 0. The highest BCUT2D eigenvalue weighted by Crippen LogP contribution is 2.15. The van der Waals surface area contributed by atoms with Crippen LogP contribution < -0.4 is 11.2 Å². The largest absolute Gasteiger partial charge is 0.468 e. The third-order valence-corrected chi connectivity index (χ3v) is 3.42. The van der Waals surface area contributed by atoms with Crippen LogP contribution in [0, 0.1) is 0 Å². The Kier molecular flexibility index (Phi) is 3.31. The van der Waals surface area contributed by atoms with E-state index in [0.29, 0.717) is 0 Å². The molecule has 0 radical (unpaired) electrons. The molecule has 0 atom stereocenters. The Hall–Kier alpha value is -1.90. The minimum absolute atomic E-state index is 0.166. The molecule has 0 spiro atoms. The fourth-order valence-electron chi connectivity index (χ4n) is 1.76. The van der Waals surface area contributed by atoms with Crippen molar-refractivity contribution in [3.8, 4) is 0 Å². The van der Waals surface area contributed by atoms with Gasteiger partial charge in [0.05, 0.1) is 7.11 Å². The van der Waals surface area contributed by atoms with Crippen molar-refractivity contribution in [2.75, 3.05) is 7.11 Å². The standard InChI is InChI=1S/C10H11BrN4O4/c1-13-7-6(8(17)14(2)10(13)18)15(9(11)12-7)4-5(16)19-3/h4H2,1-3H3. The second-order valence-electron chi connectivity index (χ2n) is 3.92. The summed E-state index contributed by atoms with van der Waals surface area (Å²) < 4.78 is 8.42. The monoisotopic (exact) mass is 330 g/mol. The van der Waals surface area contributed by atoms with Gasteiger partial charge in [-0.2, -0.15) is 0 Å². The average molecular weight is 331 g/mol. The molecule has 0 saturated carbocycles. The average Bonchev–Trinajstić information content (AvgIpc) is 2.71. The van der Waals surface area contributed by atoms with Gasteiger partial charge < -0.3 is 9.30 Å². The molecule has 0 aliphatic rings. The highest BCUT2D eigenvalue weighted by Gasteiger charge is 2.19. The van der Waals surface area contributed by atoms with Crippen molar-refractivity contribution < 1.29 is 9.53 Å². The Morgan fingerprint density at radius 1 is 1.32 bits per heavy atom. The van der Waals surface area contributed by atoms with E-state index in [9.17, 15) is 14.4 Å². The molecule has 2 aromatic rings. The van der Waals surface area contributed by atoms with Crippen LogP contribution in [-0.2, 0) is 30.2 Å². The van der Waals surface area contributed by atoms with E-state index >= 15 is 0 Å². The van der Waals surface area contributed by atoms with Crippen LogP contribution in [-0.4, -0.2) is 31.8 Å². The summed E-state index contributed by atoms with van der Waals surface area (Å²) in [5.74, 6) is -0.518. The summed E-state index contributed by atoms with van der Waals surface area (Å²) in [6.45, 7) is -0.166. The lowest BCUT2D eigenvalue weighted by Gasteiger charge is -2.06. The first-order chi connectivity index (χ1) is 8.88. The van der Waals surface area contributed by atoms with Gasteiger partial charge >= 0.3 is 11.7 Å². The maximum Gasteiger partial charge on any atom is 0.332 e. The first kappa shape index (κ1) is 13.5. The second kappa shape index (κ2) is 4.65. The number of esters is 1. The lowest BCUT2D eigenvalue weighted by atomic mass is 10.5. The van der Waals surface area contributed by atoms with Gasteiger partial charge in [0.2, 0.25) is 0 Å². The summed E-state index contributed by atoms with van der Waals surface area (Å²) in [4.78, 5) is 39.3. The van der Waals surface area contributed by atoms with Crippen LogP contribution in [0.15, 0.2) is 14.3 Å². The number of aryl methyl sites for hydroxylation is 1. The normalized spacial score (nSPS) is 10.9. The van der Waals surface area contributed by atoms with Gasteiger partial charge in [-0.15, -0.1) is 0 Å². The molecular formula is C10H11BrN4O4. The zero-order valence-corrected chi connectivity index (χ0v) is 12.1. The van der Waals surface area contributed by atoms with Crippen molar-refractivity contribution in [2.24, 2.45) is 14.1 Å². The van der Waals surface area contributed by atoms with Gasteiger partial charge in [-0.25, -0.2) is 9.78 Å². The molecular weight excluding hydrogens is 320 g/mol. The molecule has 0 unspecified atom stereocenters. The maximum atomic E-state index is 12.1. The lowest BCUT2D eigenvalue weighted by molar-refractivity contribution is -0.141. The van der Waals surface area contributed by atoms with Crippen LogP contribution in [0.2, 0.25) is 0 Å². The summed E-state index contributed by atoms with van der Waals surface area (Å²) in [5, 5.41) is 0. The number of rotatable bonds is 2. The molecule has 0 saturated heterocycles. The number of carbonyl (C=O) groups is 1. The summed E-state index contributed by atoms with van der Waals surface area (Å²) in [6, 6.07) is 0. The van der Waals surface area contributed by atoms with E-state index in [1.165, 1.54) is 30.3 Å². The van der Waals surface area contributed by atoms with Crippen molar-refractivity contribution in [3.05, 3.63) is 25.6 Å². The predicted molar refractivity (Wildman–Crippen MR) is 69.9 cm³/mol. The number of aromatic nitrogens is 4. The number of halogens is 1. The Bertz CT molecular complexity index is 785. The van der Waals surface area contributed by atoms with Crippen molar-refractivity contribution in [3.63, 3.8) is 0 Å². The number of methoxy groups -OCH3 is 1. The van der Waals surface area contributed by atoms with Gasteiger partial charge in [0, 0.05) is 14.1 Å². The Labute approximate surface area is 115 Å². The van der Waals surface area contributed by atoms with Crippen molar-refractivity contribution in [1.29, 1.82) is 0 Å². The maximum absolute atomic E-state index is 12.1. The minimum Gasteiger partial charge on any atom is -0.468 e. The third kappa shape index (κ3) is 1.99. The molecule has 9 heteroatoms. The van der Waals surface area contributed by atoms with Crippen molar-refractivity contribution in [2.45, 2.75) is 6.54 Å². The quantitative estimate of drug-likeness (QED) is 0.540. The zero-order chi connectivity index (χ0) is 14.3. The number of ether oxygens (including phenoxy) is 1. The third-order valence-electron chi connectivity index (χ3n) is 2.82. The van der Waals surface area contributed by atoms with Gasteiger partial charge in [-0.3, -0.25) is 18.7 Å². The van der Waals surface area contributed by atoms with Crippen molar-refractivity contribution >= 4 is 33.1 Å². The summed E-state index contributed by atoms with van der Waals surface area (Å²) in [7, 11) is 4.13. The van der Waals surface area contributed by atoms with E-state index in [2.05, 4.69) is 25.7 Å². The van der Waals surface area contributed by atoms with Crippen LogP contribution in [0.1, 0.15) is 0 Å². The Morgan fingerprint density at radius 3 is 2.53 bits per heavy atom. The number of fused-ring (bicyclic) bond motifs is 1. The predicted octanol–water partition coefficient (Wildman–Crippen LogP) is -0.631. The molecule has 2 rings (SSSR count). The van der Waals surface area contributed by atoms with E-state index in [1.807, 2.05) is 0 Å². The molecule has 0 fully saturated rings. The van der Waals surface area contributed by atoms with Crippen LogP contribution >= 0.6 is 15.9 Å². The molecule has 0 bridgehead atoms. The lowest BCUT2D eigenvalue weighted by Crippen LogP contribution is -2.37. The van der Waals surface area contributed by atoms with E-state index in [4.69, 9.17) is 0 Å². The molecule has 2 heterocycles. The number of nitrogens with zero attached hydrogens (tertiary/aromatic N) is 4. The minimum atomic E-state index is -0.518. The number of hydrogen-bond donors (Lipinski definition) is 0. The molecule has 102 valence electrons. The smallest absolute Gasteiger partial charge is 0.332 e. The highest BCUT2D eigenvalue weighted by atomic mass is 79.9. The summed E-state index contributed by atoms with van der Waals surface area (Å²) in [5.41, 5.74) is -0.612. The first-order valence-corrected chi connectivity index (χ1v) is 6.06. The SMILES string of the molecule is COC(=O)Cn1c(Br)nc2c1c(=O)n(C)c(=O)n2C. The second-order valence-corrected chi connectivity index (χ2v) is 4.63. The number of carbonyl (C=O) groups excluding carboxylic acids is 1. The van der Waals surface area contributed by atoms with Gasteiger partial charge in [-0.05, 0) is 15.9 Å². The van der Waals surface area contributed by atoms with Gasteiger partial charge in [0.15, 0.2) is 15.9 Å². The topological polar surface area (TPSA) is 88.1 Å². The molecule has 0 aliphatic carbocycles. The molecule has 8 nitrogen and oxygen atoms in total. The van der Waals surface area contributed by atoms with Crippen molar-refractivity contribution in [1.82, 2.24) is 18.7 Å². The fraction of sp³-hybridized carbons (Fsp3) is 0.400. The van der Waals surface area contributed by atoms with E-state index in [0.717, 1.165) is 4.57 Å². The number of imidazole rings is 1. The van der Waals surface area contributed by atoms with Crippen LogP contribution in [0.5, 0.6) is 0 Å². The molecule has 0 aliphatic heterocycles. The molecule has 0 amide bonds. The molecule has 2 aromatic heterocycles. The highest BCUT2D eigenvalue weighted by molar-refractivity contribution is 9.10. The summed E-state index contributed by atoms with van der Waals surface area (Å²) >= 11 is 3.17. The van der Waals surface area contributed by atoms with Gasteiger partial charge in [-0.1, -0.05) is 0 Å². The van der Waals surface area contributed by atoms with Crippen LogP contribution in [0.25, 0.3) is 11.2 Å². The number of hydrogen-bond acceptors (Lipinski definition) is 5. The van der Waals surface area contributed by atoms with Gasteiger partial charge in [0.1, 0.15) is 6.54 Å². The molecule has 0 aromatic carbocycles. The van der Waals surface area contributed by atoms with E-state index in [1.54, 1.807) is 0 Å². The molecule has 19 heavy (non-hydrogen) atoms. The zero-order valence-electron chi connectivity index (χ0n) is 10.5. The van der Waals surface area contributed by atoms with Crippen LogP contribution in [0.4, 0.5) is 0 Å². The fourth-order valence-corrected chi connectivity index (χ4v) is 2.23. The Morgan fingerprint density at radius 2 is 1.95 bits per heavy atom.